The molecular formula is C28H36N4O8. The number of likely N-dealkylation sites (N-methyl/N-ethyl adjacent to an activating group) is 1. The number of aromatic hydroxyl groups is 1. The summed E-state index contributed by atoms with van der Waals surface area (Å²) in [5.41, 5.74) is 3.18. The van der Waals surface area contributed by atoms with Crippen LogP contribution in [0.1, 0.15) is 48.7 Å². The zero-order chi connectivity index (χ0) is 30.1. The third kappa shape index (κ3) is 4.39. The highest BCUT2D eigenvalue weighted by Crippen LogP contribution is 2.52. The fourth-order valence-electron chi connectivity index (χ4n) is 6.41. The van der Waals surface area contributed by atoms with Gasteiger partial charge in [-0.2, -0.15) is 0 Å². The van der Waals surface area contributed by atoms with Crippen molar-refractivity contribution in [1.29, 1.82) is 0 Å². The average Bonchev–Trinajstić information content (AvgIpc) is 2.81. The molecule has 3 aliphatic rings. The number of phenolic OH excluding ortho intramolecular Hbond substituents is 1. The summed E-state index contributed by atoms with van der Waals surface area (Å²) in [6.45, 7) is 5.38. The van der Waals surface area contributed by atoms with Gasteiger partial charge in [-0.05, 0) is 65.3 Å². The van der Waals surface area contributed by atoms with Crippen LogP contribution in [0.2, 0.25) is 0 Å². The van der Waals surface area contributed by atoms with Gasteiger partial charge in [0.2, 0.25) is 5.91 Å². The number of hydrogen-bond acceptors (Lipinski definition) is 11. The molecule has 0 saturated heterocycles. The van der Waals surface area contributed by atoms with Crippen molar-refractivity contribution in [2.45, 2.75) is 50.9 Å². The summed E-state index contributed by atoms with van der Waals surface area (Å²) in [6, 6.07) is 0.510. The van der Waals surface area contributed by atoms with Gasteiger partial charge in [-0.1, -0.05) is 5.16 Å². The maximum atomic E-state index is 14.0. The van der Waals surface area contributed by atoms with Gasteiger partial charge in [-0.15, -0.1) is 0 Å². The molecule has 0 aromatic heterocycles. The molecule has 40 heavy (non-hydrogen) atoms. The van der Waals surface area contributed by atoms with Crippen LogP contribution in [0.25, 0.3) is 0 Å². The van der Waals surface area contributed by atoms with Crippen molar-refractivity contribution in [2.24, 2.45) is 34.6 Å². The number of Topliss-reactive ketones (excluding diaryl/α,β-unsaturated/α-hetero) is 4. The maximum absolute atomic E-state index is 14.0. The number of aliphatic hydroxyl groups is 1. The quantitative estimate of drug-likeness (QED) is 0.255. The van der Waals surface area contributed by atoms with Crippen LogP contribution in [-0.4, -0.2) is 95.8 Å². The number of amides is 1. The summed E-state index contributed by atoms with van der Waals surface area (Å²) in [6.07, 6.45) is 1.43. The summed E-state index contributed by atoms with van der Waals surface area (Å²) < 4.78 is 0. The first kappa shape index (κ1) is 29.3. The number of primary amides is 1. The first-order chi connectivity index (χ1) is 18.4. The number of fused-ring (bicyclic) bond motifs is 3. The Kier molecular flexibility index (Phi) is 7.17. The number of nitrogens with two attached hydrogens (primary N) is 1. The molecule has 0 heterocycles. The smallest absolute Gasteiger partial charge is 0.235 e. The summed E-state index contributed by atoms with van der Waals surface area (Å²) in [4.78, 5) is 75.3. The Morgan fingerprint density at radius 2 is 1.77 bits per heavy atom. The van der Waals surface area contributed by atoms with Crippen LogP contribution in [0.4, 0.5) is 5.69 Å². The Hall–Kier alpha value is -3.64. The molecule has 3 aliphatic carbocycles. The summed E-state index contributed by atoms with van der Waals surface area (Å²) in [5.74, 6) is -10.9. The Balaban J connectivity index is 1.86. The van der Waals surface area contributed by atoms with E-state index in [1.165, 1.54) is 11.1 Å². The van der Waals surface area contributed by atoms with E-state index in [4.69, 9.17) is 10.6 Å². The third-order valence-corrected chi connectivity index (χ3v) is 8.07. The zero-order valence-corrected chi connectivity index (χ0v) is 23.7. The van der Waals surface area contributed by atoms with Gasteiger partial charge in [-0.3, -0.25) is 28.9 Å². The Morgan fingerprint density at radius 3 is 2.30 bits per heavy atom. The van der Waals surface area contributed by atoms with Crippen LogP contribution in [0.3, 0.4) is 0 Å². The van der Waals surface area contributed by atoms with Crippen LogP contribution in [0, 0.1) is 23.7 Å². The van der Waals surface area contributed by atoms with Crippen LogP contribution < -0.4 is 10.6 Å². The number of rotatable bonds is 5. The maximum Gasteiger partial charge on any atom is 0.235 e. The lowest BCUT2D eigenvalue weighted by Gasteiger charge is -2.52. The highest BCUT2D eigenvalue weighted by molar-refractivity contribution is 6.32. The van der Waals surface area contributed by atoms with Gasteiger partial charge >= 0.3 is 0 Å². The van der Waals surface area contributed by atoms with Crippen molar-refractivity contribution in [1.82, 2.24) is 4.90 Å². The lowest BCUT2D eigenvalue weighted by atomic mass is 9.52. The van der Waals surface area contributed by atoms with E-state index in [2.05, 4.69) is 5.16 Å². The molecule has 4 rings (SSSR count). The molecule has 216 valence electrons. The van der Waals surface area contributed by atoms with Crippen molar-refractivity contribution >= 4 is 40.9 Å². The second-order valence-corrected chi connectivity index (χ2v) is 12.3. The molecular weight excluding hydrogens is 520 g/mol. The van der Waals surface area contributed by atoms with Crippen molar-refractivity contribution in [3.63, 3.8) is 0 Å². The first-order valence-corrected chi connectivity index (χ1v) is 13.1. The fourth-order valence-corrected chi connectivity index (χ4v) is 6.41. The SMILES string of the molecule is CN(C)c1cc(/C=N\OC(C)(C)C)c(O)c2c1C[C@H]1C[C@H]3C(N(C)C)C(=O)C(C(N)=O)C(=O)[C@@]3(O)C(=O)C1C2=O. The molecule has 0 bridgehead atoms. The standard InChI is InChI=1S/C28H36N4O8/c1-27(2,3)40-30-11-13-10-16(31(4)5)14-8-12-9-15-20(32(6)7)23(35)19(26(29)38)25(37)28(15,39)24(36)17(12)22(34)18(14)21(13)33/h10-12,15,17,19-20,33,39H,8-9H2,1-7H3,(H2,29,38)/b30-11-/t12-,15-,17?,19?,20?,28-/m0/s1. The monoisotopic (exact) mass is 556 g/mol. The molecule has 2 saturated carbocycles. The van der Waals surface area contributed by atoms with Crippen molar-refractivity contribution in [2.75, 3.05) is 33.1 Å². The molecule has 0 aliphatic heterocycles. The molecule has 6 atom stereocenters. The third-order valence-electron chi connectivity index (χ3n) is 8.07. The van der Waals surface area contributed by atoms with Gasteiger partial charge in [0.1, 0.15) is 11.4 Å². The number of carbonyl (C=O) groups excluding carboxylic acids is 5. The first-order valence-electron chi connectivity index (χ1n) is 13.1. The molecule has 12 nitrogen and oxygen atoms in total. The second-order valence-electron chi connectivity index (χ2n) is 12.3. The Labute approximate surface area is 232 Å². The Morgan fingerprint density at radius 1 is 1.15 bits per heavy atom. The van der Waals surface area contributed by atoms with Crippen LogP contribution in [0.5, 0.6) is 5.75 Å². The number of hydrogen-bond donors (Lipinski definition) is 3. The number of phenols is 1. The van der Waals surface area contributed by atoms with Gasteiger partial charge in [0.05, 0.1) is 23.7 Å². The van der Waals surface area contributed by atoms with E-state index in [1.54, 1.807) is 59.9 Å². The predicted octanol–water partition coefficient (Wildman–Crippen LogP) is 0.0820. The zero-order valence-electron chi connectivity index (χ0n) is 23.7. The Bertz CT molecular complexity index is 1340. The van der Waals surface area contributed by atoms with Gasteiger partial charge in [-0.25, -0.2) is 0 Å². The van der Waals surface area contributed by atoms with Crippen molar-refractivity contribution in [3.05, 3.63) is 22.8 Å². The minimum atomic E-state index is -2.77. The number of oxime groups is 1. The van der Waals surface area contributed by atoms with E-state index in [9.17, 15) is 34.2 Å². The van der Waals surface area contributed by atoms with E-state index >= 15 is 0 Å². The minimum absolute atomic E-state index is 0.0137. The lowest BCUT2D eigenvalue weighted by Crippen LogP contribution is -2.74. The van der Waals surface area contributed by atoms with Gasteiger partial charge in [0.15, 0.2) is 34.7 Å². The van der Waals surface area contributed by atoms with Crippen molar-refractivity contribution in [3.8, 4) is 5.75 Å². The van der Waals surface area contributed by atoms with E-state index < -0.39 is 75.7 Å². The summed E-state index contributed by atoms with van der Waals surface area (Å²) in [7, 11) is 6.63. The van der Waals surface area contributed by atoms with Gasteiger partial charge < -0.3 is 25.7 Å². The molecule has 1 aromatic rings. The molecule has 4 N–H and O–H groups in total. The van der Waals surface area contributed by atoms with E-state index in [0.29, 0.717) is 11.3 Å². The summed E-state index contributed by atoms with van der Waals surface area (Å²) in [5, 5.41) is 26.8. The average molecular weight is 557 g/mol. The normalized spacial score (nSPS) is 30.3. The van der Waals surface area contributed by atoms with Gasteiger partial charge in [0.25, 0.3) is 0 Å². The van der Waals surface area contributed by atoms with Crippen LogP contribution in [-0.2, 0) is 30.4 Å². The van der Waals surface area contributed by atoms with Crippen LogP contribution in [0.15, 0.2) is 11.2 Å². The molecule has 3 unspecified atom stereocenters. The predicted molar refractivity (Wildman–Crippen MR) is 144 cm³/mol. The largest absolute Gasteiger partial charge is 0.506 e. The van der Waals surface area contributed by atoms with Crippen LogP contribution >= 0.6 is 0 Å². The molecule has 0 radical (unpaired) electrons. The number of nitrogens with zero attached hydrogens (tertiary/aromatic N) is 3. The van der Waals surface area contributed by atoms with Crippen molar-refractivity contribution < 1.29 is 39.0 Å². The highest BCUT2D eigenvalue weighted by atomic mass is 16.6. The minimum Gasteiger partial charge on any atom is -0.506 e. The molecule has 1 amide bonds. The number of carbonyl (C=O) groups is 5. The van der Waals surface area contributed by atoms with E-state index in [-0.39, 0.29) is 24.0 Å². The number of ketones is 4. The molecule has 0 spiro atoms. The van der Waals surface area contributed by atoms with E-state index in [0.717, 1.165) is 0 Å². The molecule has 12 heteroatoms. The topological polar surface area (TPSA) is 180 Å². The molecule has 1 aromatic carbocycles. The second kappa shape index (κ2) is 9.77. The van der Waals surface area contributed by atoms with Gasteiger partial charge in [0, 0.05) is 31.3 Å². The number of benzene rings is 1. The summed E-state index contributed by atoms with van der Waals surface area (Å²) >= 11 is 0. The fraction of sp³-hybridized carbons (Fsp3) is 0.571. The lowest BCUT2D eigenvalue weighted by molar-refractivity contribution is -0.181. The molecule has 2 fully saturated rings. The highest BCUT2D eigenvalue weighted by Gasteiger charge is 2.69. The number of anilines is 1. The van der Waals surface area contributed by atoms with E-state index in [1.807, 2.05) is 0 Å².